The number of aryl methyl sites for hydroxylation is 1. The van der Waals surface area contributed by atoms with Crippen molar-refractivity contribution >= 4 is 0 Å². The van der Waals surface area contributed by atoms with E-state index in [4.69, 9.17) is 5.73 Å². The maximum atomic E-state index is 5.61. The van der Waals surface area contributed by atoms with Crippen LogP contribution >= 0.6 is 0 Å². The molecule has 0 bridgehead atoms. The molecule has 3 nitrogen and oxygen atoms in total. The fraction of sp³-hybridized carbons (Fsp3) is 0.308. The van der Waals surface area contributed by atoms with Gasteiger partial charge >= 0.3 is 0 Å². The molecule has 2 aromatic heterocycles. The summed E-state index contributed by atoms with van der Waals surface area (Å²) in [6.07, 6.45) is 4.60. The number of aromatic nitrogens is 2. The molecule has 2 heterocycles. The number of rotatable bonds is 3. The zero-order valence-corrected chi connectivity index (χ0v) is 9.77. The number of hydrogen-bond donors (Lipinski definition) is 1. The molecule has 0 radical (unpaired) electrons. The van der Waals surface area contributed by atoms with Crippen molar-refractivity contribution in [2.45, 2.75) is 20.3 Å². The van der Waals surface area contributed by atoms with Crippen molar-refractivity contribution in [1.29, 1.82) is 0 Å². The highest BCUT2D eigenvalue weighted by Gasteiger charge is 2.09. The van der Waals surface area contributed by atoms with E-state index in [2.05, 4.69) is 35.5 Å². The van der Waals surface area contributed by atoms with Gasteiger partial charge in [0.2, 0.25) is 0 Å². The van der Waals surface area contributed by atoms with Crippen LogP contribution in [0.4, 0.5) is 0 Å². The monoisotopic (exact) mass is 215 g/mol. The first-order chi connectivity index (χ1) is 7.74. The highest BCUT2D eigenvalue weighted by Crippen LogP contribution is 2.20. The summed E-state index contributed by atoms with van der Waals surface area (Å²) in [4.78, 5) is 4.15. The van der Waals surface area contributed by atoms with Gasteiger partial charge in [-0.1, -0.05) is 0 Å². The lowest BCUT2D eigenvalue weighted by molar-refractivity contribution is 0.916. The van der Waals surface area contributed by atoms with E-state index in [0.29, 0.717) is 6.54 Å². The Hall–Kier alpha value is -1.61. The molecule has 0 spiro atoms. The molecule has 0 aliphatic rings. The molecule has 84 valence electrons. The van der Waals surface area contributed by atoms with E-state index in [1.165, 1.54) is 17.0 Å². The van der Waals surface area contributed by atoms with Crippen LogP contribution in [0.2, 0.25) is 0 Å². The summed E-state index contributed by atoms with van der Waals surface area (Å²) in [5.74, 6) is 0. The lowest BCUT2D eigenvalue weighted by atomic mass is 10.2. The van der Waals surface area contributed by atoms with Gasteiger partial charge in [-0.2, -0.15) is 0 Å². The molecule has 0 saturated carbocycles. The Morgan fingerprint density at radius 1 is 1.38 bits per heavy atom. The second-order valence-corrected chi connectivity index (χ2v) is 3.98. The molecule has 0 fully saturated rings. The number of nitrogens with zero attached hydrogens (tertiary/aromatic N) is 2. The van der Waals surface area contributed by atoms with Crippen LogP contribution in [0.25, 0.3) is 5.69 Å². The predicted octanol–water partition coefficient (Wildman–Crippen LogP) is 1.99. The largest absolute Gasteiger partial charge is 0.330 e. The van der Waals surface area contributed by atoms with Gasteiger partial charge < -0.3 is 10.3 Å². The molecule has 3 heteroatoms. The molecule has 0 aliphatic heterocycles. The van der Waals surface area contributed by atoms with E-state index in [-0.39, 0.29) is 0 Å². The van der Waals surface area contributed by atoms with Gasteiger partial charge in [-0.25, -0.2) is 0 Å². The Morgan fingerprint density at radius 3 is 2.81 bits per heavy atom. The van der Waals surface area contributed by atoms with Gasteiger partial charge in [0.25, 0.3) is 0 Å². The van der Waals surface area contributed by atoms with Crippen LogP contribution in [0, 0.1) is 13.8 Å². The zero-order valence-electron chi connectivity index (χ0n) is 9.77. The standard InChI is InChI=1S/C13H17N3/c1-10-8-12(5-6-14)11(2)16(10)13-4-3-7-15-9-13/h3-4,7-9H,5-6,14H2,1-2H3. The minimum Gasteiger partial charge on any atom is -0.330 e. The second kappa shape index (κ2) is 4.49. The molecule has 0 amide bonds. The normalized spacial score (nSPS) is 10.7. The van der Waals surface area contributed by atoms with Crippen LogP contribution < -0.4 is 5.73 Å². The van der Waals surface area contributed by atoms with Gasteiger partial charge in [0, 0.05) is 17.6 Å². The van der Waals surface area contributed by atoms with Crippen molar-refractivity contribution < 1.29 is 0 Å². The highest BCUT2D eigenvalue weighted by molar-refractivity contribution is 5.39. The first-order valence-corrected chi connectivity index (χ1v) is 5.52. The van der Waals surface area contributed by atoms with E-state index < -0.39 is 0 Å². The van der Waals surface area contributed by atoms with Crippen LogP contribution in [-0.4, -0.2) is 16.1 Å². The molecule has 0 aliphatic carbocycles. The topological polar surface area (TPSA) is 43.8 Å². The number of pyridine rings is 1. The van der Waals surface area contributed by atoms with Crippen molar-refractivity contribution in [2.75, 3.05) is 6.54 Å². The Labute approximate surface area is 95.9 Å². The molecule has 2 N–H and O–H groups in total. The third kappa shape index (κ3) is 1.86. The van der Waals surface area contributed by atoms with E-state index in [9.17, 15) is 0 Å². The zero-order chi connectivity index (χ0) is 11.5. The fourth-order valence-electron chi connectivity index (χ4n) is 2.12. The molecule has 0 aromatic carbocycles. The van der Waals surface area contributed by atoms with E-state index >= 15 is 0 Å². The Kier molecular flexibility index (Phi) is 3.06. The highest BCUT2D eigenvalue weighted by atomic mass is 15.0. The molecule has 2 rings (SSSR count). The summed E-state index contributed by atoms with van der Waals surface area (Å²) in [5.41, 5.74) is 10.5. The molecule has 0 saturated heterocycles. The van der Waals surface area contributed by atoms with Gasteiger partial charge in [-0.15, -0.1) is 0 Å². The average Bonchev–Trinajstić information content (AvgIpc) is 2.56. The van der Waals surface area contributed by atoms with Crippen molar-refractivity contribution in [2.24, 2.45) is 5.73 Å². The minimum absolute atomic E-state index is 0.692. The molecular weight excluding hydrogens is 198 g/mol. The quantitative estimate of drug-likeness (QED) is 0.851. The smallest absolute Gasteiger partial charge is 0.0638 e. The third-order valence-corrected chi connectivity index (χ3v) is 2.85. The summed E-state index contributed by atoms with van der Waals surface area (Å²) in [5, 5.41) is 0. The molecule has 2 aromatic rings. The maximum absolute atomic E-state index is 5.61. The SMILES string of the molecule is Cc1cc(CCN)c(C)n1-c1cccnc1. The van der Waals surface area contributed by atoms with Crippen LogP contribution in [0.5, 0.6) is 0 Å². The van der Waals surface area contributed by atoms with Crippen LogP contribution in [0.15, 0.2) is 30.6 Å². The summed E-state index contributed by atoms with van der Waals surface area (Å²) < 4.78 is 2.22. The summed E-state index contributed by atoms with van der Waals surface area (Å²) >= 11 is 0. The van der Waals surface area contributed by atoms with E-state index in [1.54, 1.807) is 6.20 Å². The van der Waals surface area contributed by atoms with Gasteiger partial charge in [0.15, 0.2) is 0 Å². The van der Waals surface area contributed by atoms with Crippen LogP contribution in [0.3, 0.4) is 0 Å². The van der Waals surface area contributed by atoms with Gasteiger partial charge in [-0.3, -0.25) is 4.98 Å². The maximum Gasteiger partial charge on any atom is 0.0638 e. The number of hydrogen-bond acceptors (Lipinski definition) is 2. The van der Waals surface area contributed by atoms with Gasteiger partial charge in [-0.05, 0) is 50.6 Å². The minimum atomic E-state index is 0.692. The van der Waals surface area contributed by atoms with Gasteiger partial charge in [0.05, 0.1) is 11.9 Å². The Balaban J connectivity index is 2.49. The van der Waals surface area contributed by atoms with Crippen molar-refractivity contribution in [3.8, 4) is 5.69 Å². The molecule has 16 heavy (non-hydrogen) atoms. The van der Waals surface area contributed by atoms with Crippen LogP contribution in [0.1, 0.15) is 17.0 Å². The summed E-state index contributed by atoms with van der Waals surface area (Å²) in [7, 11) is 0. The third-order valence-electron chi connectivity index (χ3n) is 2.85. The lowest BCUT2D eigenvalue weighted by Gasteiger charge is -2.08. The Bertz CT molecular complexity index is 471. The molecule has 0 unspecified atom stereocenters. The summed E-state index contributed by atoms with van der Waals surface area (Å²) in [6.45, 7) is 4.93. The van der Waals surface area contributed by atoms with Crippen molar-refractivity contribution in [1.82, 2.24) is 9.55 Å². The van der Waals surface area contributed by atoms with Crippen molar-refractivity contribution in [3.63, 3.8) is 0 Å². The van der Waals surface area contributed by atoms with E-state index in [1.807, 2.05) is 12.3 Å². The predicted molar refractivity (Wildman–Crippen MR) is 65.8 cm³/mol. The second-order valence-electron chi connectivity index (χ2n) is 3.98. The molecule has 0 atom stereocenters. The van der Waals surface area contributed by atoms with Crippen LogP contribution in [-0.2, 0) is 6.42 Å². The first-order valence-electron chi connectivity index (χ1n) is 5.52. The first kappa shape index (κ1) is 10.9. The Morgan fingerprint density at radius 2 is 2.19 bits per heavy atom. The lowest BCUT2D eigenvalue weighted by Crippen LogP contribution is -2.04. The fourth-order valence-corrected chi connectivity index (χ4v) is 2.12. The van der Waals surface area contributed by atoms with E-state index in [0.717, 1.165) is 12.1 Å². The van der Waals surface area contributed by atoms with Crippen molar-refractivity contribution in [3.05, 3.63) is 47.5 Å². The van der Waals surface area contributed by atoms with Gasteiger partial charge in [0.1, 0.15) is 0 Å². The molecular formula is C13H17N3. The number of nitrogens with two attached hydrogens (primary N) is 1. The summed E-state index contributed by atoms with van der Waals surface area (Å²) in [6, 6.07) is 6.23. The average molecular weight is 215 g/mol.